The number of aliphatic hydroxyl groups excluding tert-OH is 1. The number of ether oxygens (including phenoxy) is 1. The maximum absolute atomic E-state index is 14.7. The van der Waals surface area contributed by atoms with Crippen LogP contribution in [0.5, 0.6) is 0 Å². The molecule has 0 aliphatic carbocycles. The van der Waals surface area contributed by atoms with Crippen molar-refractivity contribution in [2.45, 2.75) is 63.4 Å². The summed E-state index contributed by atoms with van der Waals surface area (Å²) >= 11 is 0. The molecule has 3 saturated heterocycles. The Hall–Kier alpha value is -3.75. The van der Waals surface area contributed by atoms with Crippen molar-refractivity contribution in [2.75, 3.05) is 24.6 Å². The highest BCUT2D eigenvalue weighted by molar-refractivity contribution is 6.03. The highest BCUT2D eigenvalue weighted by atomic mass is 16.5. The monoisotopic (exact) mass is 585 g/mol. The van der Waals surface area contributed by atoms with Gasteiger partial charge in [0.2, 0.25) is 17.7 Å². The molecular formula is C35H43N3O5. The molecule has 1 spiro atoms. The van der Waals surface area contributed by atoms with Crippen LogP contribution in [0.2, 0.25) is 0 Å². The molecule has 0 radical (unpaired) electrons. The first-order valence-corrected chi connectivity index (χ1v) is 15.3. The zero-order chi connectivity index (χ0) is 30.7. The predicted molar refractivity (Wildman–Crippen MR) is 166 cm³/mol. The SMILES string of the molecule is C=CCN(Cc1ccccc1)C(=O)C1N([C@@H](CO)[C@@H](C)CC)C(=O)[C@@H]2[C@H](C(=O)N(CC=C)c3ccccc3)[C@@H]3CCC12O3. The molecular weight excluding hydrogens is 542 g/mol. The molecule has 3 fully saturated rings. The first kappa shape index (κ1) is 30.7. The van der Waals surface area contributed by atoms with Gasteiger partial charge in [-0.05, 0) is 36.5 Å². The second-order valence-corrected chi connectivity index (χ2v) is 12.0. The van der Waals surface area contributed by atoms with E-state index in [2.05, 4.69) is 13.2 Å². The number of fused-ring (bicyclic) bond motifs is 1. The third-order valence-corrected chi connectivity index (χ3v) is 9.63. The van der Waals surface area contributed by atoms with Crippen molar-refractivity contribution in [3.05, 3.63) is 91.5 Å². The zero-order valence-electron chi connectivity index (χ0n) is 25.2. The Morgan fingerprint density at radius 3 is 2.33 bits per heavy atom. The fourth-order valence-electron chi connectivity index (χ4n) is 7.43. The normalized spacial score (nSPS) is 27.0. The van der Waals surface area contributed by atoms with Crippen LogP contribution < -0.4 is 4.90 Å². The van der Waals surface area contributed by atoms with E-state index >= 15 is 0 Å². The van der Waals surface area contributed by atoms with Crippen LogP contribution in [0.1, 0.15) is 38.7 Å². The van der Waals surface area contributed by atoms with Gasteiger partial charge < -0.3 is 24.5 Å². The van der Waals surface area contributed by atoms with Crippen molar-refractivity contribution in [1.29, 1.82) is 0 Å². The number of hydrogen-bond donors (Lipinski definition) is 1. The summed E-state index contributed by atoms with van der Waals surface area (Å²) in [6.07, 6.45) is 4.65. The standard InChI is InChI=1S/C35H43N3O5/c1-5-20-36(22-25-14-10-8-11-15-25)34(42)31-35-19-18-28(43-35)29(30(35)33(41)38(31)27(23-39)24(4)7-3)32(40)37(21-6-2)26-16-12-9-13-17-26/h5-6,8-17,24,27-31,39H,1-2,7,18-23H2,3-4H3/t24-,27-,28-,29+,30-,31?,35?/m0/s1. The average molecular weight is 586 g/mol. The first-order valence-electron chi connectivity index (χ1n) is 15.3. The Morgan fingerprint density at radius 1 is 1.07 bits per heavy atom. The number of rotatable bonds is 13. The van der Waals surface area contributed by atoms with E-state index in [0.717, 1.165) is 5.56 Å². The number of benzene rings is 2. The van der Waals surface area contributed by atoms with E-state index in [9.17, 15) is 19.5 Å². The summed E-state index contributed by atoms with van der Waals surface area (Å²) in [6.45, 7) is 12.3. The molecule has 0 saturated carbocycles. The molecule has 2 unspecified atom stereocenters. The molecule has 0 aromatic heterocycles. The summed E-state index contributed by atoms with van der Waals surface area (Å²) in [4.78, 5) is 48.6. The number of amides is 3. The van der Waals surface area contributed by atoms with Gasteiger partial charge in [0.1, 0.15) is 11.6 Å². The Morgan fingerprint density at radius 2 is 1.72 bits per heavy atom. The second-order valence-electron chi connectivity index (χ2n) is 12.0. The van der Waals surface area contributed by atoms with Crippen molar-refractivity contribution in [3.8, 4) is 0 Å². The number of nitrogens with zero attached hydrogens (tertiary/aromatic N) is 3. The van der Waals surface area contributed by atoms with Crippen LogP contribution in [-0.4, -0.2) is 76.1 Å². The third-order valence-electron chi connectivity index (χ3n) is 9.63. The van der Waals surface area contributed by atoms with Crippen LogP contribution in [-0.2, 0) is 25.7 Å². The van der Waals surface area contributed by atoms with Gasteiger partial charge in [0.25, 0.3) is 0 Å². The van der Waals surface area contributed by atoms with Crippen LogP contribution >= 0.6 is 0 Å². The highest BCUT2D eigenvalue weighted by Gasteiger charge is 2.75. The topological polar surface area (TPSA) is 90.4 Å². The fraction of sp³-hybridized carbons (Fsp3) is 0.457. The van der Waals surface area contributed by atoms with E-state index in [1.54, 1.807) is 26.9 Å². The lowest BCUT2D eigenvalue weighted by Gasteiger charge is -2.41. The van der Waals surface area contributed by atoms with Crippen LogP contribution in [0, 0.1) is 17.8 Å². The van der Waals surface area contributed by atoms with Gasteiger partial charge in [-0.3, -0.25) is 14.4 Å². The van der Waals surface area contributed by atoms with E-state index in [1.807, 2.05) is 74.5 Å². The molecule has 7 atom stereocenters. The lowest BCUT2D eigenvalue weighted by molar-refractivity contribution is -0.152. The van der Waals surface area contributed by atoms with Gasteiger partial charge in [0, 0.05) is 25.3 Å². The van der Waals surface area contributed by atoms with E-state index in [-0.39, 0.29) is 43.3 Å². The smallest absolute Gasteiger partial charge is 0.249 e. The molecule has 43 heavy (non-hydrogen) atoms. The number of likely N-dealkylation sites (tertiary alicyclic amines) is 1. The van der Waals surface area contributed by atoms with Crippen molar-refractivity contribution < 1.29 is 24.2 Å². The summed E-state index contributed by atoms with van der Waals surface area (Å²) in [7, 11) is 0. The molecule has 3 amide bonds. The van der Waals surface area contributed by atoms with Gasteiger partial charge in [-0.25, -0.2) is 0 Å². The fourth-order valence-corrected chi connectivity index (χ4v) is 7.43. The Kier molecular flexibility index (Phi) is 9.18. The molecule has 3 aliphatic rings. The van der Waals surface area contributed by atoms with E-state index < -0.39 is 35.6 Å². The molecule has 2 aromatic rings. The summed E-state index contributed by atoms with van der Waals surface area (Å²) < 4.78 is 6.71. The van der Waals surface area contributed by atoms with Gasteiger partial charge in [0.05, 0.1) is 30.6 Å². The average Bonchev–Trinajstić information content (AvgIpc) is 3.68. The molecule has 1 N–H and O–H groups in total. The minimum absolute atomic E-state index is 0.0746. The van der Waals surface area contributed by atoms with Crippen LogP contribution in [0.15, 0.2) is 86.0 Å². The molecule has 8 nitrogen and oxygen atoms in total. The largest absolute Gasteiger partial charge is 0.394 e. The Bertz CT molecular complexity index is 1330. The van der Waals surface area contributed by atoms with Crippen LogP contribution in [0.4, 0.5) is 5.69 Å². The number of aliphatic hydroxyl groups is 1. The minimum atomic E-state index is -1.16. The number of carbonyl (C=O) groups is 3. The number of para-hydroxylation sites is 1. The summed E-state index contributed by atoms with van der Waals surface area (Å²) in [5.41, 5.74) is 0.509. The van der Waals surface area contributed by atoms with E-state index in [1.165, 1.54) is 0 Å². The first-order chi connectivity index (χ1) is 20.8. The van der Waals surface area contributed by atoms with Gasteiger partial charge in [-0.2, -0.15) is 0 Å². The quantitative estimate of drug-likeness (QED) is 0.356. The van der Waals surface area contributed by atoms with Crippen LogP contribution in [0.25, 0.3) is 0 Å². The molecule has 3 aliphatic heterocycles. The third kappa shape index (κ3) is 5.31. The van der Waals surface area contributed by atoms with Gasteiger partial charge >= 0.3 is 0 Å². The van der Waals surface area contributed by atoms with E-state index in [4.69, 9.17) is 4.74 Å². The second kappa shape index (κ2) is 12.9. The molecule has 228 valence electrons. The Balaban J connectivity index is 1.58. The predicted octanol–water partition coefficient (Wildman–Crippen LogP) is 4.20. The molecule has 3 heterocycles. The molecule has 5 rings (SSSR count). The van der Waals surface area contributed by atoms with Gasteiger partial charge in [-0.1, -0.05) is 81.0 Å². The number of carbonyl (C=O) groups excluding carboxylic acids is 3. The summed E-state index contributed by atoms with van der Waals surface area (Å²) in [5, 5.41) is 10.6. The summed E-state index contributed by atoms with van der Waals surface area (Å²) in [6, 6.07) is 17.5. The van der Waals surface area contributed by atoms with Gasteiger partial charge in [-0.15, -0.1) is 13.2 Å². The number of anilines is 1. The van der Waals surface area contributed by atoms with Crippen molar-refractivity contribution in [2.24, 2.45) is 17.8 Å². The maximum Gasteiger partial charge on any atom is 0.249 e. The maximum atomic E-state index is 14.7. The van der Waals surface area contributed by atoms with E-state index in [0.29, 0.717) is 31.5 Å². The minimum Gasteiger partial charge on any atom is -0.394 e. The van der Waals surface area contributed by atoms with Crippen molar-refractivity contribution in [1.82, 2.24) is 9.80 Å². The zero-order valence-corrected chi connectivity index (χ0v) is 25.2. The lowest BCUT2D eigenvalue weighted by atomic mass is 9.70. The number of hydrogen-bond acceptors (Lipinski definition) is 5. The molecule has 2 aromatic carbocycles. The Labute approximate surface area is 254 Å². The lowest BCUT2D eigenvalue weighted by Crippen LogP contribution is -2.59. The van der Waals surface area contributed by atoms with Crippen molar-refractivity contribution in [3.63, 3.8) is 0 Å². The highest BCUT2D eigenvalue weighted by Crippen LogP contribution is 2.59. The van der Waals surface area contributed by atoms with Gasteiger partial charge in [0.15, 0.2) is 0 Å². The summed E-state index contributed by atoms with van der Waals surface area (Å²) in [5.74, 6) is -2.40. The van der Waals surface area contributed by atoms with Crippen molar-refractivity contribution >= 4 is 23.4 Å². The molecule has 2 bridgehead atoms. The molecule has 8 heteroatoms. The van der Waals surface area contributed by atoms with Crippen LogP contribution in [0.3, 0.4) is 0 Å².